The van der Waals surface area contributed by atoms with Crippen molar-refractivity contribution in [2.45, 2.75) is 25.0 Å². The number of para-hydroxylation sites is 1. The predicted octanol–water partition coefficient (Wildman–Crippen LogP) is 2.16. The predicted molar refractivity (Wildman–Crippen MR) is 83.6 cm³/mol. The van der Waals surface area contributed by atoms with Crippen LogP contribution in [0.5, 0.6) is 0 Å². The van der Waals surface area contributed by atoms with Gasteiger partial charge in [-0.25, -0.2) is 0 Å². The number of ether oxygens (including phenoxy) is 1. The first-order chi connectivity index (χ1) is 10.3. The molecule has 3 rings (SSSR count). The standard InChI is InChI=1S/C15H20N4OS/c1-11-4-2-3-5-13(11)19-14(8-16)17-18-15(19)21-10-12-6-7-20-9-12/h2-5,12H,6-10,16H2,1H3/t12-/m1/s1. The second kappa shape index (κ2) is 6.60. The van der Waals surface area contributed by atoms with Crippen LogP contribution in [0.4, 0.5) is 0 Å². The number of benzene rings is 1. The molecule has 6 heteroatoms. The van der Waals surface area contributed by atoms with Crippen molar-refractivity contribution in [1.29, 1.82) is 0 Å². The zero-order chi connectivity index (χ0) is 14.7. The van der Waals surface area contributed by atoms with Crippen molar-refractivity contribution in [2.75, 3.05) is 19.0 Å². The van der Waals surface area contributed by atoms with Gasteiger partial charge in [0.25, 0.3) is 0 Å². The smallest absolute Gasteiger partial charge is 0.195 e. The van der Waals surface area contributed by atoms with Crippen LogP contribution in [0.15, 0.2) is 29.4 Å². The molecule has 1 aromatic carbocycles. The quantitative estimate of drug-likeness (QED) is 0.858. The van der Waals surface area contributed by atoms with Crippen LogP contribution in [0.3, 0.4) is 0 Å². The van der Waals surface area contributed by atoms with E-state index in [1.54, 1.807) is 11.8 Å². The number of hydrogen-bond donors (Lipinski definition) is 1. The maximum Gasteiger partial charge on any atom is 0.195 e. The summed E-state index contributed by atoms with van der Waals surface area (Å²) in [5.74, 6) is 2.42. The van der Waals surface area contributed by atoms with E-state index < -0.39 is 0 Å². The third-order valence-electron chi connectivity index (χ3n) is 3.71. The zero-order valence-electron chi connectivity index (χ0n) is 12.2. The fraction of sp³-hybridized carbons (Fsp3) is 0.467. The number of nitrogens with two attached hydrogens (primary N) is 1. The monoisotopic (exact) mass is 304 g/mol. The summed E-state index contributed by atoms with van der Waals surface area (Å²) in [6.45, 7) is 4.21. The van der Waals surface area contributed by atoms with E-state index in [2.05, 4.69) is 33.8 Å². The summed E-state index contributed by atoms with van der Waals surface area (Å²) in [4.78, 5) is 0. The molecule has 0 spiro atoms. The number of aryl methyl sites for hydroxylation is 1. The molecule has 2 heterocycles. The van der Waals surface area contributed by atoms with E-state index >= 15 is 0 Å². The van der Waals surface area contributed by atoms with Crippen molar-refractivity contribution in [3.8, 4) is 5.69 Å². The zero-order valence-corrected chi connectivity index (χ0v) is 13.0. The summed E-state index contributed by atoms with van der Waals surface area (Å²) in [6, 6.07) is 8.24. The molecular weight excluding hydrogens is 284 g/mol. The molecule has 0 unspecified atom stereocenters. The van der Waals surface area contributed by atoms with E-state index in [-0.39, 0.29) is 0 Å². The van der Waals surface area contributed by atoms with Crippen molar-refractivity contribution in [3.63, 3.8) is 0 Å². The van der Waals surface area contributed by atoms with E-state index in [1.165, 1.54) is 5.56 Å². The third kappa shape index (κ3) is 3.12. The molecule has 5 nitrogen and oxygen atoms in total. The number of hydrogen-bond acceptors (Lipinski definition) is 5. The Bertz CT molecular complexity index is 607. The van der Waals surface area contributed by atoms with Crippen molar-refractivity contribution in [3.05, 3.63) is 35.7 Å². The first-order valence-corrected chi connectivity index (χ1v) is 8.19. The van der Waals surface area contributed by atoms with Crippen LogP contribution >= 0.6 is 11.8 Å². The van der Waals surface area contributed by atoms with E-state index in [4.69, 9.17) is 10.5 Å². The van der Waals surface area contributed by atoms with Crippen molar-refractivity contribution in [2.24, 2.45) is 11.7 Å². The average Bonchev–Trinajstić information content (AvgIpc) is 3.14. The lowest BCUT2D eigenvalue weighted by Crippen LogP contribution is -2.09. The second-order valence-electron chi connectivity index (χ2n) is 5.27. The minimum atomic E-state index is 0.383. The molecular formula is C15H20N4OS. The number of thioether (sulfide) groups is 1. The van der Waals surface area contributed by atoms with E-state index in [9.17, 15) is 0 Å². The topological polar surface area (TPSA) is 66.0 Å². The lowest BCUT2D eigenvalue weighted by Gasteiger charge is -2.12. The maximum absolute atomic E-state index is 5.82. The maximum atomic E-state index is 5.82. The van der Waals surface area contributed by atoms with Gasteiger partial charge in [0.05, 0.1) is 18.8 Å². The Hall–Kier alpha value is -1.37. The second-order valence-corrected chi connectivity index (χ2v) is 6.25. The van der Waals surface area contributed by atoms with Gasteiger partial charge in [-0.3, -0.25) is 4.57 Å². The molecule has 1 saturated heterocycles. The van der Waals surface area contributed by atoms with Crippen LogP contribution in [0, 0.1) is 12.8 Å². The molecule has 112 valence electrons. The highest BCUT2D eigenvalue weighted by molar-refractivity contribution is 7.99. The molecule has 1 aliphatic rings. The summed E-state index contributed by atoms with van der Waals surface area (Å²) < 4.78 is 7.51. The number of aromatic nitrogens is 3. The van der Waals surface area contributed by atoms with Crippen molar-refractivity contribution in [1.82, 2.24) is 14.8 Å². The van der Waals surface area contributed by atoms with Gasteiger partial charge in [0.2, 0.25) is 0 Å². The normalized spacial score (nSPS) is 18.3. The van der Waals surface area contributed by atoms with Gasteiger partial charge in [0.15, 0.2) is 11.0 Å². The Balaban J connectivity index is 1.87. The van der Waals surface area contributed by atoms with Gasteiger partial charge in [-0.2, -0.15) is 0 Å². The molecule has 0 amide bonds. The van der Waals surface area contributed by atoms with Gasteiger partial charge in [-0.05, 0) is 30.9 Å². The first-order valence-electron chi connectivity index (χ1n) is 7.20. The Labute approximate surface area is 128 Å². The lowest BCUT2D eigenvalue weighted by atomic mass is 10.2. The van der Waals surface area contributed by atoms with Crippen LogP contribution < -0.4 is 5.73 Å². The minimum absolute atomic E-state index is 0.383. The highest BCUT2D eigenvalue weighted by atomic mass is 32.2. The largest absolute Gasteiger partial charge is 0.381 e. The van der Waals surface area contributed by atoms with Crippen LogP contribution in [0.25, 0.3) is 5.69 Å². The van der Waals surface area contributed by atoms with Gasteiger partial charge in [0.1, 0.15) is 0 Å². The van der Waals surface area contributed by atoms with Gasteiger partial charge in [-0.15, -0.1) is 10.2 Å². The first kappa shape index (κ1) is 14.6. The third-order valence-corrected chi connectivity index (χ3v) is 4.87. The van der Waals surface area contributed by atoms with Crippen LogP contribution in [-0.2, 0) is 11.3 Å². The highest BCUT2D eigenvalue weighted by Crippen LogP contribution is 2.27. The van der Waals surface area contributed by atoms with Gasteiger partial charge >= 0.3 is 0 Å². The molecule has 21 heavy (non-hydrogen) atoms. The summed E-state index contributed by atoms with van der Waals surface area (Å²) in [5.41, 5.74) is 8.11. The fourth-order valence-electron chi connectivity index (χ4n) is 2.49. The molecule has 0 bridgehead atoms. The van der Waals surface area contributed by atoms with E-state index in [0.717, 1.165) is 42.1 Å². The highest BCUT2D eigenvalue weighted by Gasteiger charge is 2.19. The molecule has 0 aliphatic carbocycles. The molecule has 1 aliphatic heterocycles. The summed E-state index contributed by atoms with van der Waals surface area (Å²) in [6.07, 6.45) is 1.13. The van der Waals surface area contributed by atoms with Gasteiger partial charge < -0.3 is 10.5 Å². The SMILES string of the molecule is Cc1ccccc1-n1c(CN)nnc1SC[C@@H]1CCOC1. The Morgan fingerprint density at radius 2 is 2.24 bits per heavy atom. The summed E-state index contributed by atoms with van der Waals surface area (Å²) in [5, 5.41) is 9.47. The molecule has 1 aromatic heterocycles. The molecule has 0 radical (unpaired) electrons. The summed E-state index contributed by atoms with van der Waals surface area (Å²) in [7, 11) is 0. The van der Waals surface area contributed by atoms with Crippen LogP contribution in [0.1, 0.15) is 17.8 Å². The van der Waals surface area contributed by atoms with Gasteiger partial charge in [-0.1, -0.05) is 30.0 Å². The number of rotatable bonds is 5. The molecule has 0 saturated carbocycles. The van der Waals surface area contributed by atoms with Gasteiger partial charge in [0, 0.05) is 12.4 Å². The summed E-state index contributed by atoms with van der Waals surface area (Å²) >= 11 is 1.74. The number of nitrogens with zero attached hydrogens (tertiary/aromatic N) is 3. The van der Waals surface area contributed by atoms with Crippen molar-refractivity contribution >= 4 is 11.8 Å². The lowest BCUT2D eigenvalue weighted by molar-refractivity contribution is 0.189. The molecule has 2 aromatic rings. The van der Waals surface area contributed by atoms with E-state index in [0.29, 0.717) is 12.5 Å². The molecule has 2 N–H and O–H groups in total. The minimum Gasteiger partial charge on any atom is -0.381 e. The average molecular weight is 304 g/mol. The van der Waals surface area contributed by atoms with Crippen LogP contribution in [-0.4, -0.2) is 33.7 Å². The van der Waals surface area contributed by atoms with Crippen LogP contribution in [0.2, 0.25) is 0 Å². The van der Waals surface area contributed by atoms with Crippen molar-refractivity contribution < 1.29 is 4.74 Å². The fourth-order valence-corrected chi connectivity index (χ4v) is 3.57. The van der Waals surface area contributed by atoms with E-state index in [1.807, 2.05) is 12.1 Å². The Kier molecular flexibility index (Phi) is 4.57. The molecule has 1 fully saturated rings. The molecule has 1 atom stereocenters. The Morgan fingerprint density at radius 1 is 1.38 bits per heavy atom. The Morgan fingerprint density at radius 3 is 2.95 bits per heavy atom.